The molecule has 0 bridgehead atoms. The summed E-state index contributed by atoms with van der Waals surface area (Å²) in [7, 11) is -1.42. The predicted molar refractivity (Wildman–Crippen MR) is 58.1 cm³/mol. The zero-order chi connectivity index (χ0) is 11.1. The van der Waals surface area contributed by atoms with Gasteiger partial charge in [0.25, 0.3) is 0 Å². The molecule has 0 radical (unpaired) electrons. The van der Waals surface area contributed by atoms with Crippen LogP contribution in [0.2, 0.25) is 0 Å². The van der Waals surface area contributed by atoms with Crippen molar-refractivity contribution in [2.45, 2.75) is 4.90 Å². The topological polar surface area (TPSA) is 64.0 Å². The molecule has 6 heteroatoms. The maximum atomic E-state index is 11.3. The van der Waals surface area contributed by atoms with E-state index in [0.29, 0.717) is 5.52 Å². The van der Waals surface area contributed by atoms with Gasteiger partial charge in [0.15, 0.2) is 9.84 Å². The molecule has 15 heavy (non-hydrogen) atoms. The minimum atomic E-state index is -3.16. The Morgan fingerprint density at radius 2 is 2.13 bits per heavy atom. The molecule has 0 fully saturated rings. The molecule has 0 saturated heterocycles. The van der Waals surface area contributed by atoms with Gasteiger partial charge in [-0.25, -0.2) is 8.42 Å². The molecule has 0 aliphatic carbocycles. The van der Waals surface area contributed by atoms with Crippen molar-refractivity contribution in [1.29, 1.82) is 0 Å². The molecular formula is C9H11N3O2S. The molecule has 0 spiro atoms. The molecule has 0 aliphatic heterocycles. The Bertz CT molecular complexity index is 601. The maximum absolute atomic E-state index is 11.3. The normalized spacial score (nSPS) is 11.9. The van der Waals surface area contributed by atoms with Gasteiger partial charge in [0.2, 0.25) is 0 Å². The standard InChI is InChI=1S/C9H11N3O2S/c1-10-12-6-7-3-4-8(15(2,13)14)5-9(7)11-12/h3-6,10H,1-2H3. The maximum Gasteiger partial charge on any atom is 0.175 e. The number of rotatable bonds is 2. The lowest BCUT2D eigenvalue weighted by Crippen LogP contribution is -2.08. The van der Waals surface area contributed by atoms with Gasteiger partial charge < -0.3 is 5.43 Å². The fourth-order valence-corrected chi connectivity index (χ4v) is 1.98. The largest absolute Gasteiger partial charge is 0.313 e. The van der Waals surface area contributed by atoms with Gasteiger partial charge in [0.1, 0.15) is 0 Å². The van der Waals surface area contributed by atoms with Crippen molar-refractivity contribution >= 4 is 20.7 Å². The van der Waals surface area contributed by atoms with Crippen molar-refractivity contribution in [1.82, 2.24) is 9.89 Å². The van der Waals surface area contributed by atoms with E-state index in [-0.39, 0.29) is 4.90 Å². The number of nitrogens with zero attached hydrogens (tertiary/aromatic N) is 2. The molecule has 0 saturated carbocycles. The zero-order valence-corrected chi connectivity index (χ0v) is 9.25. The van der Waals surface area contributed by atoms with Crippen LogP contribution in [0.5, 0.6) is 0 Å². The van der Waals surface area contributed by atoms with E-state index in [1.807, 2.05) is 0 Å². The van der Waals surface area contributed by atoms with Gasteiger partial charge in [-0.15, -0.1) is 0 Å². The number of hydrogen-bond acceptors (Lipinski definition) is 4. The summed E-state index contributed by atoms with van der Waals surface area (Å²) in [4.78, 5) is 1.83. The Kier molecular flexibility index (Phi) is 2.15. The average molecular weight is 225 g/mol. The molecule has 80 valence electrons. The second kappa shape index (κ2) is 3.23. The number of hydrogen-bond donors (Lipinski definition) is 1. The van der Waals surface area contributed by atoms with E-state index in [1.54, 1.807) is 31.4 Å². The Hall–Kier alpha value is -1.56. The molecular weight excluding hydrogens is 214 g/mol. The first-order chi connectivity index (χ1) is 7.00. The van der Waals surface area contributed by atoms with Crippen LogP contribution in [0.15, 0.2) is 29.3 Å². The summed E-state index contributed by atoms with van der Waals surface area (Å²) in [5, 5.41) is 5.05. The van der Waals surface area contributed by atoms with Gasteiger partial charge in [-0.2, -0.15) is 9.89 Å². The van der Waals surface area contributed by atoms with Gasteiger partial charge in [0.05, 0.1) is 16.6 Å². The van der Waals surface area contributed by atoms with Gasteiger partial charge in [-0.05, 0) is 18.2 Å². The fraction of sp³-hybridized carbons (Fsp3) is 0.222. The highest BCUT2D eigenvalue weighted by atomic mass is 32.2. The van der Waals surface area contributed by atoms with Crippen LogP contribution in [0.4, 0.5) is 0 Å². The molecule has 0 amide bonds. The summed E-state index contributed by atoms with van der Waals surface area (Å²) in [6, 6.07) is 4.89. The summed E-state index contributed by atoms with van der Waals surface area (Å²) in [5.74, 6) is 0. The molecule has 0 atom stereocenters. The quantitative estimate of drug-likeness (QED) is 0.813. The van der Waals surface area contributed by atoms with E-state index in [0.717, 1.165) is 5.39 Å². The third-order valence-corrected chi connectivity index (χ3v) is 3.25. The van der Waals surface area contributed by atoms with E-state index < -0.39 is 9.84 Å². The molecule has 1 N–H and O–H groups in total. The van der Waals surface area contributed by atoms with Crippen molar-refractivity contribution in [3.63, 3.8) is 0 Å². The van der Waals surface area contributed by atoms with E-state index >= 15 is 0 Å². The first-order valence-corrected chi connectivity index (χ1v) is 6.27. The molecule has 2 rings (SSSR count). The lowest BCUT2D eigenvalue weighted by Gasteiger charge is -1.96. The van der Waals surface area contributed by atoms with Gasteiger partial charge in [0, 0.05) is 18.7 Å². The van der Waals surface area contributed by atoms with Crippen LogP contribution in [-0.2, 0) is 9.84 Å². The van der Waals surface area contributed by atoms with Crippen LogP contribution in [0.3, 0.4) is 0 Å². The van der Waals surface area contributed by atoms with E-state index in [4.69, 9.17) is 0 Å². The summed E-state index contributed by atoms with van der Waals surface area (Å²) in [6.07, 6.45) is 2.98. The fourth-order valence-electron chi connectivity index (χ4n) is 1.34. The molecule has 1 aromatic heterocycles. The van der Waals surface area contributed by atoms with Crippen LogP contribution < -0.4 is 5.43 Å². The number of fused-ring (bicyclic) bond motifs is 1. The van der Waals surface area contributed by atoms with Crippen molar-refractivity contribution in [3.05, 3.63) is 24.4 Å². The van der Waals surface area contributed by atoms with E-state index in [2.05, 4.69) is 10.5 Å². The third kappa shape index (κ3) is 1.80. The molecule has 5 nitrogen and oxygen atoms in total. The minimum Gasteiger partial charge on any atom is -0.313 e. The Labute approximate surface area is 87.6 Å². The third-order valence-electron chi connectivity index (χ3n) is 2.14. The molecule has 0 aliphatic rings. The number of sulfone groups is 1. The first-order valence-electron chi connectivity index (χ1n) is 4.38. The monoisotopic (exact) mass is 225 g/mol. The van der Waals surface area contributed by atoms with Crippen LogP contribution in [0.1, 0.15) is 0 Å². The van der Waals surface area contributed by atoms with Crippen LogP contribution in [-0.4, -0.2) is 31.6 Å². The van der Waals surface area contributed by atoms with Crippen LogP contribution in [0, 0.1) is 0 Å². The number of nitrogens with one attached hydrogen (secondary N) is 1. The first kappa shape index (κ1) is 9.97. The zero-order valence-electron chi connectivity index (χ0n) is 8.43. The smallest absolute Gasteiger partial charge is 0.175 e. The highest BCUT2D eigenvalue weighted by molar-refractivity contribution is 7.90. The summed E-state index contributed by atoms with van der Waals surface area (Å²) in [5.41, 5.74) is 3.49. The highest BCUT2D eigenvalue weighted by Crippen LogP contribution is 2.17. The Morgan fingerprint density at radius 1 is 1.40 bits per heavy atom. The molecule has 1 heterocycles. The predicted octanol–water partition coefficient (Wildman–Crippen LogP) is 0.613. The SMILES string of the molecule is CNn1cc2ccc(S(C)(=O)=O)cc2n1. The summed E-state index contributed by atoms with van der Waals surface area (Å²) in [6.45, 7) is 0. The van der Waals surface area contributed by atoms with Crippen molar-refractivity contribution in [2.24, 2.45) is 0 Å². The van der Waals surface area contributed by atoms with E-state index in [1.165, 1.54) is 11.0 Å². The second-order valence-electron chi connectivity index (χ2n) is 3.29. The van der Waals surface area contributed by atoms with Crippen molar-refractivity contribution in [2.75, 3.05) is 18.7 Å². The van der Waals surface area contributed by atoms with Gasteiger partial charge in [-0.3, -0.25) is 0 Å². The number of benzene rings is 1. The summed E-state index contributed by atoms with van der Waals surface area (Å²) < 4.78 is 22.6. The Morgan fingerprint density at radius 3 is 2.73 bits per heavy atom. The highest BCUT2D eigenvalue weighted by Gasteiger charge is 2.09. The van der Waals surface area contributed by atoms with Gasteiger partial charge >= 0.3 is 0 Å². The minimum absolute atomic E-state index is 0.288. The summed E-state index contributed by atoms with van der Waals surface area (Å²) >= 11 is 0. The van der Waals surface area contributed by atoms with Crippen LogP contribution >= 0.6 is 0 Å². The van der Waals surface area contributed by atoms with Crippen molar-refractivity contribution < 1.29 is 8.42 Å². The molecule has 2 aromatic rings. The van der Waals surface area contributed by atoms with Crippen molar-refractivity contribution in [3.8, 4) is 0 Å². The van der Waals surface area contributed by atoms with Gasteiger partial charge in [-0.1, -0.05) is 0 Å². The number of aromatic nitrogens is 2. The molecule has 1 aromatic carbocycles. The molecule has 0 unspecified atom stereocenters. The van der Waals surface area contributed by atoms with E-state index in [9.17, 15) is 8.42 Å². The lowest BCUT2D eigenvalue weighted by atomic mass is 10.3. The lowest BCUT2D eigenvalue weighted by molar-refractivity contribution is 0.602. The average Bonchev–Trinajstić information content (AvgIpc) is 2.57. The second-order valence-corrected chi connectivity index (χ2v) is 5.31. The Balaban J connectivity index is 2.66. The van der Waals surface area contributed by atoms with Crippen LogP contribution in [0.25, 0.3) is 10.9 Å².